The van der Waals surface area contributed by atoms with Crippen LogP contribution in [-0.4, -0.2) is 48.0 Å². The summed E-state index contributed by atoms with van der Waals surface area (Å²) < 4.78 is 5.80. The molecule has 2 aromatic rings. The van der Waals surface area contributed by atoms with Crippen molar-refractivity contribution in [3.63, 3.8) is 0 Å². The minimum absolute atomic E-state index is 0.0570. The third-order valence-electron chi connectivity index (χ3n) is 5.05. The lowest BCUT2D eigenvalue weighted by atomic mass is 9.93. The summed E-state index contributed by atoms with van der Waals surface area (Å²) in [6.45, 7) is 4.30. The van der Waals surface area contributed by atoms with Crippen molar-refractivity contribution in [3.8, 4) is 11.3 Å². The number of hydrogen-bond donors (Lipinski definition) is 1. The zero-order valence-electron chi connectivity index (χ0n) is 15.2. The van der Waals surface area contributed by atoms with Gasteiger partial charge in [0.1, 0.15) is 0 Å². The Kier molecular flexibility index (Phi) is 6.35. The summed E-state index contributed by atoms with van der Waals surface area (Å²) in [7, 11) is 2.01. The maximum atomic E-state index is 10.9. The van der Waals surface area contributed by atoms with Gasteiger partial charge in [0.15, 0.2) is 11.7 Å². The van der Waals surface area contributed by atoms with Gasteiger partial charge in [0.05, 0.1) is 11.1 Å². The highest BCUT2D eigenvalue weighted by molar-refractivity contribution is 5.60. The first kappa shape index (κ1) is 18.5. The second-order valence-electron chi connectivity index (χ2n) is 6.85. The molecule has 1 N–H and O–H groups in total. The summed E-state index contributed by atoms with van der Waals surface area (Å²) >= 11 is 0. The Balaban J connectivity index is 1.50. The number of aromatic nitrogens is 1. The molecule has 0 saturated carbocycles. The van der Waals surface area contributed by atoms with Gasteiger partial charge in [-0.3, -0.25) is 10.1 Å². The van der Waals surface area contributed by atoms with E-state index in [9.17, 15) is 10.1 Å². The number of piperidine rings is 1. The number of nitro groups is 1. The molecule has 0 radical (unpaired) electrons. The molecule has 26 heavy (non-hydrogen) atoms. The number of nitro benzene ring substituents is 1. The van der Waals surface area contributed by atoms with E-state index in [4.69, 9.17) is 4.42 Å². The van der Waals surface area contributed by atoms with Crippen LogP contribution in [0.4, 0.5) is 5.69 Å². The van der Waals surface area contributed by atoms with E-state index in [-0.39, 0.29) is 5.69 Å². The van der Waals surface area contributed by atoms with Crippen LogP contribution in [0.5, 0.6) is 0 Å². The van der Waals surface area contributed by atoms with E-state index in [0.717, 1.165) is 38.5 Å². The van der Waals surface area contributed by atoms with Crippen molar-refractivity contribution < 1.29 is 9.34 Å². The zero-order valence-corrected chi connectivity index (χ0v) is 15.2. The van der Waals surface area contributed by atoms with Gasteiger partial charge in [-0.15, -0.1) is 0 Å². The highest BCUT2D eigenvalue weighted by Gasteiger charge is 2.19. The monoisotopic (exact) mass is 358 g/mol. The van der Waals surface area contributed by atoms with Gasteiger partial charge in [-0.25, -0.2) is 4.98 Å². The normalized spacial score (nSPS) is 16.0. The van der Waals surface area contributed by atoms with Gasteiger partial charge in [0.25, 0.3) is 5.69 Å². The number of hydrogen-bond acceptors (Lipinski definition) is 6. The molecule has 0 atom stereocenters. The fraction of sp³-hybridized carbons (Fsp3) is 0.526. The average Bonchev–Trinajstić information content (AvgIpc) is 3.15. The first-order valence-corrected chi connectivity index (χ1v) is 9.22. The molecule has 7 nitrogen and oxygen atoms in total. The number of likely N-dealkylation sites (tertiary alicyclic amines) is 1. The zero-order chi connectivity index (χ0) is 18.4. The first-order chi connectivity index (χ1) is 12.7. The fourth-order valence-electron chi connectivity index (χ4n) is 3.43. The van der Waals surface area contributed by atoms with E-state index >= 15 is 0 Å². The summed E-state index contributed by atoms with van der Waals surface area (Å²) in [6, 6.07) is 6.45. The van der Waals surface area contributed by atoms with E-state index in [1.54, 1.807) is 18.3 Å². The molecule has 7 heteroatoms. The summed E-state index contributed by atoms with van der Waals surface area (Å²) in [4.78, 5) is 17.3. The SMILES string of the molecule is CNCCC1CCN(CCc2ncc(-c3cccc([N+](=O)[O-])c3)o2)CC1. The predicted octanol–water partition coefficient (Wildman–Crippen LogP) is 3.11. The largest absolute Gasteiger partial charge is 0.441 e. The van der Waals surface area contributed by atoms with Crippen molar-refractivity contribution in [3.05, 3.63) is 46.5 Å². The minimum Gasteiger partial charge on any atom is -0.441 e. The third kappa shape index (κ3) is 4.89. The van der Waals surface area contributed by atoms with Crippen LogP contribution >= 0.6 is 0 Å². The van der Waals surface area contributed by atoms with Crippen LogP contribution in [0.25, 0.3) is 11.3 Å². The second kappa shape index (κ2) is 8.91. The van der Waals surface area contributed by atoms with Crippen LogP contribution in [0.2, 0.25) is 0 Å². The van der Waals surface area contributed by atoms with Gasteiger partial charge in [-0.2, -0.15) is 0 Å². The summed E-state index contributed by atoms with van der Waals surface area (Å²) in [5.41, 5.74) is 0.741. The Labute approximate surface area is 153 Å². The van der Waals surface area contributed by atoms with Gasteiger partial charge in [-0.1, -0.05) is 12.1 Å². The molecule has 0 amide bonds. The van der Waals surface area contributed by atoms with Crippen molar-refractivity contribution in [2.45, 2.75) is 25.7 Å². The Morgan fingerprint density at radius 1 is 1.38 bits per heavy atom. The highest BCUT2D eigenvalue weighted by atomic mass is 16.6. The lowest BCUT2D eigenvalue weighted by Crippen LogP contribution is -2.35. The molecule has 2 heterocycles. The lowest BCUT2D eigenvalue weighted by molar-refractivity contribution is -0.384. The Bertz CT molecular complexity index is 723. The fourth-order valence-corrected chi connectivity index (χ4v) is 3.43. The van der Waals surface area contributed by atoms with Crippen LogP contribution in [0, 0.1) is 16.0 Å². The highest BCUT2D eigenvalue weighted by Crippen LogP contribution is 2.25. The molecule has 140 valence electrons. The molecule has 3 rings (SSSR count). The molecular formula is C19H26N4O3. The molecule has 0 unspecified atom stereocenters. The van der Waals surface area contributed by atoms with Crippen molar-refractivity contribution in [1.29, 1.82) is 0 Å². The molecule has 0 spiro atoms. The maximum Gasteiger partial charge on any atom is 0.270 e. The van der Waals surface area contributed by atoms with Crippen molar-refractivity contribution >= 4 is 5.69 Å². The molecule has 0 aliphatic carbocycles. The summed E-state index contributed by atoms with van der Waals surface area (Å²) in [5, 5.41) is 14.1. The molecule has 1 aliphatic rings. The summed E-state index contributed by atoms with van der Waals surface area (Å²) in [6.07, 6.45) is 6.18. The topological polar surface area (TPSA) is 84.4 Å². The Hall–Kier alpha value is -2.25. The number of nitrogens with zero attached hydrogens (tertiary/aromatic N) is 3. The predicted molar refractivity (Wildman–Crippen MR) is 100 cm³/mol. The molecular weight excluding hydrogens is 332 g/mol. The molecule has 1 aliphatic heterocycles. The molecule has 0 bridgehead atoms. The quantitative estimate of drug-likeness (QED) is 0.576. The van der Waals surface area contributed by atoms with Crippen LogP contribution in [0.15, 0.2) is 34.9 Å². The number of non-ortho nitro benzene ring substituents is 1. The second-order valence-corrected chi connectivity index (χ2v) is 6.85. The molecule has 1 fully saturated rings. The third-order valence-corrected chi connectivity index (χ3v) is 5.05. The number of nitrogens with one attached hydrogen (secondary N) is 1. The molecule has 1 aromatic carbocycles. The number of oxazole rings is 1. The average molecular weight is 358 g/mol. The van der Waals surface area contributed by atoms with E-state index < -0.39 is 4.92 Å². The first-order valence-electron chi connectivity index (χ1n) is 9.22. The van der Waals surface area contributed by atoms with Crippen molar-refractivity contribution in [1.82, 2.24) is 15.2 Å². The Morgan fingerprint density at radius 3 is 2.92 bits per heavy atom. The van der Waals surface area contributed by atoms with Gasteiger partial charge < -0.3 is 14.6 Å². The van der Waals surface area contributed by atoms with Gasteiger partial charge in [-0.05, 0) is 51.9 Å². The van der Waals surface area contributed by atoms with Gasteiger partial charge in [0.2, 0.25) is 0 Å². The van der Waals surface area contributed by atoms with Crippen LogP contribution in [0.3, 0.4) is 0 Å². The van der Waals surface area contributed by atoms with E-state index in [2.05, 4.69) is 15.2 Å². The van der Waals surface area contributed by atoms with E-state index in [1.807, 2.05) is 7.05 Å². The Morgan fingerprint density at radius 2 is 2.19 bits per heavy atom. The molecule has 1 saturated heterocycles. The smallest absolute Gasteiger partial charge is 0.270 e. The van der Waals surface area contributed by atoms with Crippen molar-refractivity contribution in [2.75, 3.05) is 33.2 Å². The standard InChI is InChI=1S/C19H26N4O3/c1-20-9-5-15-6-10-22(11-7-15)12-8-19-21-14-18(26-19)16-3-2-4-17(13-16)23(24)25/h2-4,13-15,20H,5-12H2,1H3. The molecule has 1 aromatic heterocycles. The van der Waals surface area contributed by atoms with E-state index in [1.165, 1.54) is 31.4 Å². The van der Waals surface area contributed by atoms with E-state index in [0.29, 0.717) is 17.2 Å². The number of benzene rings is 1. The lowest BCUT2D eigenvalue weighted by Gasteiger charge is -2.31. The van der Waals surface area contributed by atoms with Gasteiger partial charge >= 0.3 is 0 Å². The maximum absolute atomic E-state index is 10.9. The van der Waals surface area contributed by atoms with Crippen LogP contribution in [-0.2, 0) is 6.42 Å². The van der Waals surface area contributed by atoms with Crippen LogP contribution in [0.1, 0.15) is 25.2 Å². The van der Waals surface area contributed by atoms with Crippen molar-refractivity contribution in [2.24, 2.45) is 5.92 Å². The summed E-state index contributed by atoms with van der Waals surface area (Å²) in [5.74, 6) is 2.10. The number of rotatable bonds is 8. The minimum atomic E-state index is -0.402. The van der Waals surface area contributed by atoms with Crippen LogP contribution < -0.4 is 5.32 Å². The van der Waals surface area contributed by atoms with Gasteiger partial charge in [0, 0.05) is 30.7 Å².